The zero-order valence-corrected chi connectivity index (χ0v) is 9.99. The Hall–Kier alpha value is -1.77. The van der Waals surface area contributed by atoms with Gasteiger partial charge in [0.25, 0.3) is 0 Å². The maximum absolute atomic E-state index is 8.69. The molecule has 1 rings (SSSR count). The highest BCUT2D eigenvalue weighted by Crippen LogP contribution is 2.15. The highest BCUT2D eigenvalue weighted by molar-refractivity contribution is 5.31. The molecule has 2 nitrogen and oxygen atoms in total. The lowest BCUT2D eigenvalue weighted by atomic mass is 10.0. The zero-order chi connectivity index (χ0) is 12.2. The summed E-state index contributed by atoms with van der Waals surface area (Å²) in [6, 6.07) is 9.67. The minimum atomic E-state index is -0.256. The molecule has 0 amide bonds. The first-order valence-corrected chi connectivity index (χ1v) is 5.17. The molecule has 16 heavy (non-hydrogen) atoms. The Morgan fingerprint density at radius 2 is 1.88 bits per heavy atom. The van der Waals surface area contributed by atoms with E-state index in [1.807, 2.05) is 45.2 Å². The minimum absolute atomic E-state index is 0.256. The highest BCUT2D eigenvalue weighted by atomic mass is 15.2. The predicted molar refractivity (Wildman–Crippen MR) is 65.5 cm³/mol. The number of hydrogen-bond acceptors (Lipinski definition) is 2. The Bertz CT molecular complexity index is 429. The lowest BCUT2D eigenvalue weighted by molar-refractivity contribution is 0.205. The number of nitrogens with zero attached hydrogens (tertiary/aromatic N) is 2. The standard InChI is InChI=1S/C14H16N2/c1-5-14(2,3)16(4)11-13-8-6-12(10-15)7-9-13/h1,6-9H,11H2,2-4H3. The second-order valence-corrected chi connectivity index (χ2v) is 4.37. The molecule has 1 aromatic rings. The number of terminal acetylenes is 1. The van der Waals surface area contributed by atoms with Crippen molar-refractivity contribution in [1.29, 1.82) is 5.26 Å². The third-order valence-corrected chi connectivity index (χ3v) is 2.81. The normalized spacial score (nSPS) is 10.9. The molecule has 0 unspecified atom stereocenters. The first-order chi connectivity index (χ1) is 7.49. The fourth-order valence-electron chi connectivity index (χ4n) is 1.27. The van der Waals surface area contributed by atoms with Gasteiger partial charge in [-0.25, -0.2) is 0 Å². The molecule has 0 atom stereocenters. The van der Waals surface area contributed by atoms with Crippen LogP contribution in [0.1, 0.15) is 25.0 Å². The van der Waals surface area contributed by atoms with Crippen molar-refractivity contribution in [1.82, 2.24) is 4.90 Å². The van der Waals surface area contributed by atoms with Crippen molar-refractivity contribution in [3.05, 3.63) is 35.4 Å². The van der Waals surface area contributed by atoms with E-state index in [1.165, 1.54) is 0 Å². The third kappa shape index (κ3) is 2.86. The van der Waals surface area contributed by atoms with Crippen LogP contribution in [0.3, 0.4) is 0 Å². The van der Waals surface area contributed by atoms with Crippen LogP contribution in [-0.2, 0) is 6.54 Å². The molecular formula is C14H16N2. The summed E-state index contributed by atoms with van der Waals surface area (Å²) in [6.45, 7) is 4.80. The maximum Gasteiger partial charge on any atom is 0.0991 e. The second kappa shape index (κ2) is 4.84. The summed E-state index contributed by atoms with van der Waals surface area (Å²) in [5, 5.41) is 8.69. The van der Waals surface area contributed by atoms with Gasteiger partial charge in [0, 0.05) is 6.54 Å². The summed E-state index contributed by atoms with van der Waals surface area (Å²) in [7, 11) is 2.00. The Balaban J connectivity index is 2.75. The van der Waals surface area contributed by atoms with Crippen LogP contribution in [0.25, 0.3) is 0 Å². The van der Waals surface area contributed by atoms with E-state index >= 15 is 0 Å². The van der Waals surface area contributed by atoms with Crippen LogP contribution < -0.4 is 0 Å². The molecule has 1 aromatic carbocycles. The van der Waals surface area contributed by atoms with E-state index < -0.39 is 0 Å². The molecule has 82 valence electrons. The summed E-state index contributed by atoms with van der Waals surface area (Å²) < 4.78 is 0. The number of nitriles is 1. The van der Waals surface area contributed by atoms with Crippen LogP contribution in [0.5, 0.6) is 0 Å². The van der Waals surface area contributed by atoms with Crippen molar-refractivity contribution < 1.29 is 0 Å². The van der Waals surface area contributed by atoms with E-state index in [0.717, 1.165) is 12.1 Å². The first kappa shape index (κ1) is 12.3. The summed E-state index contributed by atoms with van der Waals surface area (Å²) in [4.78, 5) is 2.11. The lowest BCUT2D eigenvalue weighted by Crippen LogP contribution is -2.38. The van der Waals surface area contributed by atoms with Gasteiger partial charge in [-0.05, 0) is 38.6 Å². The van der Waals surface area contributed by atoms with Gasteiger partial charge in [0.05, 0.1) is 17.2 Å². The third-order valence-electron chi connectivity index (χ3n) is 2.81. The average Bonchev–Trinajstić information content (AvgIpc) is 2.30. The predicted octanol–water partition coefficient (Wildman–Crippen LogP) is 2.40. The van der Waals surface area contributed by atoms with E-state index in [1.54, 1.807) is 0 Å². The van der Waals surface area contributed by atoms with Gasteiger partial charge in [-0.2, -0.15) is 5.26 Å². The lowest BCUT2D eigenvalue weighted by Gasteiger charge is -2.30. The molecule has 0 aliphatic rings. The van der Waals surface area contributed by atoms with E-state index in [-0.39, 0.29) is 5.54 Å². The van der Waals surface area contributed by atoms with E-state index in [4.69, 9.17) is 11.7 Å². The van der Waals surface area contributed by atoms with Crippen LogP contribution in [-0.4, -0.2) is 17.5 Å². The van der Waals surface area contributed by atoms with E-state index in [2.05, 4.69) is 16.9 Å². The SMILES string of the molecule is C#CC(C)(C)N(C)Cc1ccc(C#N)cc1. The van der Waals surface area contributed by atoms with Gasteiger partial charge >= 0.3 is 0 Å². The van der Waals surface area contributed by atoms with Crippen LogP contribution >= 0.6 is 0 Å². The molecule has 0 saturated heterocycles. The van der Waals surface area contributed by atoms with Crippen molar-refractivity contribution >= 4 is 0 Å². The quantitative estimate of drug-likeness (QED) is 0.719. The average molecular weight is 212 g/mol. The van der Waals surface area contributed by atoms with Gasteiger partial charge in [-0.3, -0.25) is 4.90 Å². The Labute approximate surface area is 97.5 Å². The fourth-order valence-corrected chi connectivity index (χ4v) is 1.27. The van der Waals surface area contributed by atoms with E-state index in [9.17, 15) is 0 Å². The zero-order valence-electron chi connectivity index (χ0n) is 9.99. The summed E-state index contributed by atoms with van der Waals surface area (Å²) in [5.74, 6) is 2.76. The Kier molecular flexibility index (Phi) is 3.72. The van der Waals surface area contributed by atoms with Crippen molar-refractivity contribution in [2.75, 3.05) is 7.05 Å². The Morgan fingerprint density at radius 3 is 2.31 bits per heavy atom. The molecule has 0 aliphatic heterocycles. The molecule has 0 aliphatic carbocycles. The van der Waals surface area contributed by atoms with Gasteiger partial charge in [0.15, 0.2) is 0 Å². The van der Waals surface area contributed by atoms with Crippen molar-refractivity contribution in [3.8, 4) is 18.4 Å². The molecule has 0 bridgehead atoms. The van der Waals surface area contributed by atoms with Gasteiger partial charge in [-0.15, -0.1) is 6.42 Å². The number of hydrogen-bond donors (Lipinski definition) is 0. The van der Waals surface area contributed by atoms with Crippen molar-refractivity contribution in [2.24, 2.45) is 0 Å². The molecular weight excluding hydrogens is 196 g/mol. The molecule has 0 spiro atoms. The van der Waals surface area contributed by atoms with Gasteiger partial charge < -0.3 is 0 Å². The topological polar surface area (TPSA) is 27.0 Å². The van der Waals surface area contributed by atoms with E-state index in [0.29, 0.717) is 5.56 Å². The summed E-state index contributed by atoms with van der Waals surface area (Å²) in [5.41, 5.74) is 1.58. The summed E-state index contributed by atoms with van der Waals surface area (Å²) in [6.07, 6.45) is 5.47. The van der Waals surface area contributed by atoms with Gasteiger partial charge in [-0.1, -0.05) is 18.1 Å². The molecule has 0 N–H and O–H groups in total. The fraction of sp³-hybridized carbons (Fsp3) is 0.357. The molecule has 0 aromatic heterocycles. The van der Waals surface area contributed by atoms with Crippen molar-refractivity contribution in [3.63, 3.8) is 0 Å². The molecule has 2 heteroatoms. The van der Waals surface area contributed by atoms with Gasteiger partial charge in [0.1, 0.15) is 0 Å². The van der Waals surface area contributed by atoms with Crippen LogP contribution in [0.15, 0.2) is 24.3 Å². The summed E-state index contributed by atoms with van der Waals surface area (Å²) >= 11 is 0. The smallest absolute Gasteiger partial charge is 0.0991 e. The monoisotopic (exact) mass is 212 g/mol. The second-order valence-electron chi connectivity index (χ2n) is 4.37. The maximum atomic E-state index is 8.69. The number of benzene rings is 1. The Morgan fingerprint density at radius 1 is 1.31 bits per heavy atom. The molecule has 0 heterocycles. The largest absolute Gasteiger partial charge is 0.287 e. The van der Waals surface area contributed by atoms with Crippen LogP contribution in [0.4, 0.5) is 0 Å². The molecule has 0 fully saturated rings. The number of rotatable bonds is 3. The van der Waals surface area contributed by atoms with Crippen molar-refractivity contribution in [2.45, 2.75) is 25.9 Å². The minimum Gasteiger partial charge on any atom is -0.287 e. The highest BCUT2D eigenvalue weighted by Gasteiger charge is 2.19. The van der Waals surface area contributed by atoms with Gasteiger partial charge in [0.2, 0.25) is 0 Å². The molecule has 0 radical (unpaired) electrons. The van der Waals surface area contributed by atoms with Crippen LogP contribution in [0, 0.1) is 23.7 Å². The first-order valence-electron chi connectivity index (χ1n) is 5.17. The molecule has 0 saturated carbocycles. The van der Waals surface area contributed by atoms with Crippen LogP contribution in [0.2, 0.25) is 0 Å².